The monoisotopic (exact) mass is 355 g/mol. The Morgan fingerprint density at radius 2 is 1.42 bits per heavy atom. The topological polar surface area (TPSA) is 55.5 Å². The Morgan fingerprint density at radius 3 is 1.79 bits per heavy atom. The molecule has 24 heavy (non-hydrogen) atoms. The number of benzene rings is 1. The number of hydrogen-bond donors (Lipinski definition) is 2. The Labute approximate surface area is 153 Å². The normalized spacial score (nSPS) is 18.1. The number of phenolic OH excluding ortho intramolecular Hbond substituents is 1. The van der Waals surface area contributed by atoms with E-state index in [2.05, 4.69) is 53.7 Å². The third-order valence-corrected chi connectivity index (χ3v) is 4.91. The summed E-state index contributed by atoms with van der Waals surface area (Å²) >= 11 is 0. The predicted molar refractivity (Wildman–Crippen MR) is 103 cm³/mol. The van der Waals surface area contributed by atoms with Gasteiger partial charge in [-0.05, 0) is 58.4 Å². The number of ether oxygens (including phenoxy) is 1. The van der Waals surface area contributed by atoms with Crippen LogP contribution in [0.5, 0.6) is 5.75 Å². The predicted octanol–water partition coefficient (Wildman–Crippen LogP) is 4.84. The van der Waals surface area contributed by atoms with Crippen molar-refractivity contribution >= 4 is 12.4 Å². The molecule has 0 unspecified atom stereocenters. The Kier molecular flexibility index (Phi) is 6.77. The molecule has 138 valence electrons. The molecule has 3 N–H and O–H groups in total. The van der Waals surface area contributed by atoms with Gasteiger partial charge in [0.25, 0.3) is 0 Å². The highest BCUT2D eigenvalue weighted by Gasteiger charge is 2.29. The van der Waals surface area contributed by atoms with E-state index in [1.54, 1.807) is 0 Å². The van der Waals surface area contributed by atoms with E-state index in [0.717, 1.165) is 42.7 Å². The summed E-state index contributed by atoms with van der Waals surface area (Å²) in [6.07, 6.45) is 2.02. The van der Waals surface area contributed by atoms with Crippen LogP contribution in [0.3, 0.4) is 0 Å². The molecule has 1 aliphatic heterocycles. The molecule has 1 aliphatic rings. The first-order valence-electron chi connectivity index (χ1n) is 8.73. The maximum absolute atomic E-state index is 10.8. The highest BCUT2D eigenvalue weighted by atomic mass is 35.5. The van der Waals surface area contributed by atoms with E-state index >= 15 is 0 Å². The van der Waals surface area contributed by atoms with Crippen molar-refractivity contribution in [2.45, 2.75) is 71.3 Å². The van der Waals surface area contributed by atoms with Gasteiger partial charge in [-0.15, -0.1) is 12.4 Å². The molecule has 0 aliphatic carbocycles. The number of halogens is 1. The van der Waals surface area contributed by atoms with Gasteiger partial charge >= 0.3 is 0 Å². The summed E-state index contributed by atoms with van der Waals surface area (Å²) in [6, 6.07) is 4.23. The maximum atomic E-state index is 10.8. The third kappa shape index (κ3) is 4.65. The summed E-state index contributed by atoms with van der Waals surface area (Å²) in [6.45, 7) is 14.4. The van der Waals surface area contributed by atoms with Crippen LogP contribution in [0.2, 0.25) is 0 Å². The quantitative estimate of drug-likeness (QED) is 0.798. The van der Waals surface area contributed by atoms with Crippen LogP contribution < -0.4 is 5.73 Å². The molecule has 2 rings (SSSR count). The maximum Gasteiger partial charge on any atom is 0.123 e. The molecular weight excluding hydrogens is 322 g/mol. The van der Waals surface area contributed by atoms with Crippen LogP contribution in [0, 0.1) is 5.92 Å². The fraction of sp³-hybridized carbons (Fsp3) is 0.700. The molecule has 1 atom stereocenters. The lowest BCUT2D eigenvalue weighted by Crippen LogP contribution is -2.28. The zero-order valence-corrected chi connectivity index (χ0v) is 16.8. The van der Waals surface area contributed by atoms with Gasteiger partial charge in [-0.25, -0.2) is 0 Å². The van der Waals surface area contributed by atoms with Crippen molar-refractivity contribution in [1.29, 1.82) is 0 Å². The summed E-state index contributed by atoms with van der Waals surface area (Å²) in [7, 11) is 0. The van der Waals surface area contributed by atoms with Crippen LogP contribution in [0.25, 0.3) is 0 Å². The second-order valence-electron chi connectivity index (χ2n) is 8.94. The highest BCUT2D eigenvalue weighted by molar-refractivity contribution is 5.85. The Balaban J connectivity index is 0.00000288. The number of rotatable bonds is 2. The van der Waals surface area contributed by atoms with Crippen molar-refractivity contribution in [3.05, 3.63) is 28.8 Å². The van der Waals surface area contributed by atoms with E-state index < -0.39 is 0 Å². The van der Waals surface area contributed by atoms with Crippen LogP contribution in [0.4, 0.5) is 0 Å². The van der Waals surface area contributed by atoms with Crippen molar-refractivity contribution in [2.75, 3.05) is 13.2 Å². The molecule has 0 bridgehead atoms. The van der Waals surface area contributed by atoms with Gasteiger partial charge in [0.1, 0.15) is 5.75 Å². The van der Waals surface area contributed by atoms with Gasteiger partial charge in [0.2, 0.25) is 0 Å². The number of nitrogens with two attached hydrogens (primary N) is 1. The van der Waals surface area contributed by atoms with Crippen molar-refractivity contribution in [3.63, 3.8) is 0 Å². The smallest absolute Gasteiger partial charge is 0.123 e. The first-order chi connectivity index (χ1) is 10.5. The van der Waals surface area contributed by atoms with Gasteiger partial charge in [0, 0.05) is 19.3 Å². The van der Waals surface area contributed by atoms with E-state index in [1.807, 2.05) is 0 Å². The fourth-order valence-corrected chi connectivity index (χ4v) is 3.34. The fourth-order valence-electron chi connectivity index (χ4n) is 3.34. The van der Waals surface area contributed by atoms with Gasteiger partial charge in [-0.2, -0.15) is 0 Å². The minimum absolute atomic E-state index is 0. The first-order valence-corrected chi connectivity index (χ1v) is 8.73. The van der Waals surface area contributed by atoms with E-state index in [9.17, 15) is 5.11 Å². The number of hydrogen-bond acceptors (Lipinski definition) is 3. The van der Waals surface area contributed by atoms with Crippen LogP contribution >= 0.6 is 12.4 Å². The van der Waals surface area contributed by atoms with Crippen molar-refractivity contribution < 1.29 is 9.84 Å². The molecule has 0 spiro atoms. The summed E-state index contributed by atoms with van der Waals surface area (Å²) < 4.78 is 5.47. The zero-order valence-electron chi connectivity index (χ0n) is 16.0. The third-order valence-electron chi connectivity index (χ3n) is 4.91. The molecule has 0 saturated carbocycles. The van der Waals surface area contributed by atoms with Gasteiger partial charge in [0.05, 0.1) is 0 Å². The standard InChI is InChI=1S/C20H33NO2.ClH/c1-19(2,3)15-11-14(12-16(18(15)22)20(4,5)6)17(21)13-7-9-23-10-8-13;/h11-13,17,22H,7-10,21H2,1-6H3;1H/t17-;/m1./s1. The van der Waals surface area contributed by atoms with E-state index in [1.165, 1.54) is 0 Å². The lowest BCUT2D eigenvalue weighted by molar-refractivity contribution is 0.0583. The molecule has 1 heterocycles. The molecule has 4 heteroatoms. The number of phenols is 1. The van der Waals surface area contributed by atoms with Crippen LogP contribution in [-0.2, 0) is 15.6 Å². The van der Waals surface area contributed by atoms with Crippen molar-refractivity contribution in [2.24, 2.45) is 11.7 Å². The molecule has 1 fully saturated rings. The largest absolute Gasteiger partial charge is 0.507 e. The summed E-state index contributed by atoms with van der Waals surface area (Å²) in [5.74, 6) is 0.877. The molecule has 0 radical (unpaired) electrons. The SMILES string of the molecule is CC(C)(C)c1cc([C@H](N)C2CCOCC2)cc(C(C)(C)C)c1O.Cl. The second-order valence-corrected chi connectivity index (χ2v) is 8.94. The summed E-state index contributed by atoms with van der Waals surface area (Å²) in [4.78, 5) is 0. The lowest BCUT2D eigenvalue weighted by Gasteiger charge is -2.32. The Morgan fingerprint density at radius 1 is 1.00 bits per heavy atom. The molecule has 1 aromatic rings. The van der Waals surface area contributed by atoms with Gasteiger partial charge < -0.3 is 15.6 Å². The molecule has 0 aromatic heterocycles. The first kappa shape index (κ1) is 21.3. The highest BCUT2D eigenvalue weighted by Crippen LogP contribution is 2.42. The Bertz CT molecular complexity index is 517. The molecular formula is C20H34ClNO2. The minimum Gasteiger partial charge on any atom is -0.507 e. The molecule has 1 saturated heterocycles. The van der Waals surface area contributed by atoms with Crippen LogP contribution in [0.1, 0.15) is 77.1 Å². The Hall–Kier alpha value is -0.770. The average molecular weight is 356 g/mol. The molecule has 3 nitrogen and oxygen atoms in total. The van der Waals surface area contributed by atoms with Crippen LogP contribution in [-0.4, -0.2) is 18.3 Å². The lowest BCUT2D eigenvalue weighted by atomic mass is 9.76. The molecule has 1 aromatic carbocycles. The summed E-state index contributed by atoms with van der Waals surface area (Å²) in [5, 5.41) is 10.8. The second kappa shape index (κ2) is 7.63. The number of aromatic hydroxyl groups is 1. The van der Waals surface area contributed by atoms with E-state index in [0.29, 0.717) is 11.7 Å². The zero-order chi connectivity index (χ0) is 17.4. The van der Waals surface area contributed by atoms with E-state index in [-0.39, 0.29) is 29.3 Å². The van der Waals surface area contributed by atoms with Crippen molar-refractivity contribution in [3.8, 4) is 5.75 Å². The van der Waals surface area contributed by atoms with Crippen molar-refractivity contribution in [1.82, 2.24) is 0 Å². The van der Waals surface area contributed by atoms with Crippen LogP contribution in [0.15, 0.2) is 12.1 Å². The van der Waals surface area contributed by atoms with Gasteiger partial charge in [-0.3, -0.25) is 0 Å². The summed E-state index contributed by atoms with van der Waals surface area (Å²) in [5.41, 5.74) is 9.50. The van der Waals surface area contributed by atoms with Gasteiger partial charge in [-0.1, -0.05) is 41.5 Å². The van der Waals surface area contributed by atoms with Gasteiger partial charge in [0.15, 0.2) is 0 Å². The molecule has 0 amide bonds. The van der Waals surface area contributed by atoms with E-state index in [4.69, 9.17) is 10.5 Å². The average Bonchev–Trinajstić information content (AvgIpc) is 2.45. The minimum atomic E-state index is -0.116.